The maximum Gasteiger partial charge on any atom is 0.0930 e. The molecule has 2 heterocycles. The predicted octanol–water partition coefficient (Wildman–Crippen LogP) is 4.26. The molecule has 0 aliphatic carbocycles. The van der Waals surface area contributed by atoms with Crippen molar-refractivity contribution < 1.29 is 5.11 Å². The Morgan fingerprint density at radius 2 is 1.88 bits per heavy atom. The zero-order valence-corrected chi connectivity index (χ0v) is 12.1. The van der Waals surface area contributed by atoms with Gasteiger partial charge in [-0.1, -0.05) is 6.92 Å². The van der Waals surface area contributed by atoms with E-state index in [9.17, 15) is 5.11 Å². The van der Waals surface area contributed by atoms with Gasteiger partial charge in [0, 0.05) is 25.9 Å². The Morgan fingerprint density at radius 1 is 1.18 bits per heavy atom. The molecule has 0 aliphatic rings. The van der Waals surface area contributed by atoms with Crippen LogP contribution in [0.1, 0.15) is 38.1 Å². The van der Waals surface area contributed by atoms with E-state index in [-0.39, 0.29) is 6.10 Å². The number of rotatable bonds is 4. The van der Waals surface area contributed by atoms with Crippen molar-refractivity contribution in [2.45, 2.75) is 39.7 Å². The molecule has 0 aliphatic heterocycles. The summed E-state index contributed by atoms with van der Waals surface area (Å²) in [4.78, 5) is 5.06. The van der Waals surface area contributed by atoms with Gasteiger partial charge in [-0.2, -0.15) is 0 Å². The molecule has 1 unspecified atom stereocenters. The van der Waals surface area contributed by atoms with Gasteiger partial charge >= 0.3 is 0 Å². The van der Waals surface area contributed by atoms with Crippen molar-refractivity contribution >= 4 is 22.7 Å². The molecule has 0 fully saturated rings. The third-order valence-corrected chi connectivity index (χ3v) is 5.48. The summed E-state index contributed by atoms with van der Waals surface area (Å²) in [5, 5.41) is 10.2. The Balaban J connectivity index is 2.08. The summed E-state index contributed by atoms with van der Waals surface area (Å²) in [6.45, 7) is 6.37. The minimum atomic E-state index is -0.351. The molecule has 0 bridgehead atoms. The van der Waals surface area contributed by atoms with Crippen LogP contribution in [0.15, 0.2) is 18.2 Å². The fourth-order valence-corrected chi connectivity index (χ4v) is 3.80. The van der Waals surface area contributed by atoms with E-state index in [4.69, 9.17) is 0 Å². The van der Waals surface area contributed by atoms with Gasteiger partial charge in [0.2, 0.25) is 0 Å². The number of hydrogen-bond acceptors (Lipinski definition) is 3. The lowest BCUT2D eigenvalue weighted by Gasteiger charge is -2.06. The molecule has 1 atom stereocenters. The maximum atomic E-state index is 10.2. The van der Waals surface area contributed by atoms with Crippen LogP contribution in [-0.4, -0.2) is 5.11 Å². The summed E-state index contributed by atoms with van der Waals surface area (Å²) in [5.74, 6) is 0. The quantitative estimate of drug-likeness (QED) is 0.876. The highest BCUT2D eigenvalue weighted by Gasteiger charge is 2.13. The van der Waals surface area contributed by atoms with Gasteiger partial charge in [-0.3, -0.25) is 0 Å². The van der Waals surface area contributed by atoms with Crippen molar-refractivity contribution in [2.75, 3.05) is 0 Å². The molecule has 0 amide bonds. The fraction of sp³-hybridized carbons (Fsp3) is 0.429. The van der Waals surface area contributed by atoms with Crippen LogP contribution < -0.4 is 0 Å². The molecule has 0 spiro atoms. The van der Waals surface area contributed by atoms with Crippen LogP contribution in [-0.2, 0) is 12.8 Å². The van der Waals surface area contributed by atoms with E-state index in [1.165, 1.54) is 20.2 Å². The summed E-state index contributed by atoms with van der Waals surface area (Å²) >= 11 is 3.52. The summed E-state index contributed by atoms with van der Waals surface area (Å²) < 4.78 is 0. The highest BCUT2D eigenvalue weighted by molar-refractivity contribution is 7.12. The van der Waals surface area contributed by atoms with Crippen molar-refractivity contribution in [1.82, 2.24) is 0 Å². The van der Waals surface area contributed by atoms with E-state index in [1.807, 2.05) is 11.3 Å². The third-order valence-electron chi connectivity index (χ3n) is 2.97. The lowest BCUT2D eigenvalue weighted by atomic mass is 10.1. The summed E-state index contributed by atoms with van der Waals surface area (Å²) in [5.41, 5.74) is 1.28. The Bertz CT molecular complexity index is 477. The van der Waals surface area contributed by atoms with Gasteiger partial charge in [0.25, 0.3) is 0 Å². The van der Waals surface area contributed by atoms with Gasteiger partial charge in [-0.05, 0) is 44.0 Å². The van der Waals surface area contributed by atoms with Gasteiger partial charge < -0.3 is 5.11 Å². The lowest BCUT2D eigenvalue weighted by molar-refractivity contribution is 0.183. The molecule has 92 valence electrons. The second kappa shape index (κ2) is 5.34. The van der Waals surface area contributed by atoms with E-state index in [2.05, 4.69) is 39.0 Å². The molecule has 17 heavy (non-hydrogen) atoms. The molecule has 0 saturated heterocycles. The molecular weight excluding hydrogens is 248 g/mol. The number of hydrogen-bond donors (Lipinski definition) is 1. The molecule has 0 saturated carbocycles. The van der Waals surface area contributed by atoms with Gasteiger partial charge in [0.15, 0.2) is 0 Å². The van der Waals surface area contributed by atoms with Gasteiger partial charge in [-0.15, -0.1) is 22.7 Å². The topological polar surface area (TPSA) is 20.2 Å². The number of aryl methyl sites for hydroxylation is 3. The molecule has 0 aromatic carbocycles. The fourth-order valence-electron chi connectivity index (χ4n) is 1.78. The van der Waals surface area contributed by atoms with Crippen molar-refractivity contribution in [3.8, 4) is 0 Å². The molecule has 2 aromatic heterocycles. The molecule has 1 nitrogen and oxygen atoms in total. The van der Waals surface area contributed by atoms with Crippen LogP contribution in [0.25, 0.3) is 0 Å². The highest BCUT2D eigenvalue weighted by Crippen LogP contribution is 2.30. The van der Waals surface area contributed by atoms with Crippen LogP contribution in [0.5, 0.6) is 0 Å². The predicted molar refractivity (Wildman–Crippen MR) is 76.2 cm³/mol. The summed E-state index contributed by atoms with van der Waals surface area (Å²) in [6, 6.07) is 6.41. The van der Waals surface area contributed by atoms with Crippen LogP contribution in [0.4, 0.5) is 0 Å². The second-order valence-electron chi connectivity index (χ2n) is 4.33. The number of thiophene rings is 2. The summed E-state index contributed by atoms with van der Waals surface area (Å²) in [6.07, 6.45) is 1.47. The molecule has 0 radical (unpaired) electrons. The van der Waals surface area contributed by atoms with Crippen molar-refractivity contribution in [3.63, 3.8) is 0 Å². The molecule has 2 rings (SSSR count). The van der Waals surface area contributed by atoms with Crippen LogP contribution in [0, 0.1) is 13.8 Å². The van der Waals surface area contributed by atoms with E-state index >= 15 is 0 Å². The normalized spacial score (nSPS) is 12.9. The van der Waals surface area contributed by atoms with Crippen molar-refractivity contribution in [3.05, 3.63) is 43.3 Å². The zero-order valence-electron chi connectivity index (χ0n) is 10.5. The van der Waals surface area contributed by atoms with Crippen molar-refractivity contribution in [2.24, 2.45) is 0 Å². The Labute approximate surface area is 111 Å². The first kappa shape index (κ1) is 12.8. The zero-order chi connectivity index (χ0) is 12.4. The van der Waals surface area contributed by atoms with Crippen LogP contribution >= 0.6 is 22.7 Å². The SMILES string of the molecule is CCc1ccc(CC(O)c2cc(C)c(C)s2)s1. The van der Waals surface area contributed by atoms with Gasteiger partial charge in [0.1, 0.15) is 0 Å². The minimum absolute atomic E-state index is 0.351. The third kappa shape index (κ3) is 2.97. The first-order chi connectivity index (χ1) is 8.10. The second-order valence-corrected chi connectivity index (χ2v) is 6.87. The molecule has 3 heteroatoms. The lowest BCUT2D eigenvalue weighted by Crippen LogP contribution is -1.97. The maximum absolute atomic E-state index is 10.2. The minimum Gasteiger partial charge on any atom is -0.387 e. The summed E-state index contributed by atoms with van der Waals surface area (Å²) in [7, 11) is 0. The van der Waals surface area contributed by atoms with Crippen LogP contribution in [0.2, 0.25) is 0 Å². The monoisotopic (exact) mass is 266 g/mol. The van der Waals surface area contributed by atoms with E-state index in [0.29, 0.717) is 0 Å². The Morgan fingerprint density at radius 3 is 2.41 bits per heavy atom. The number of aliphatic hydroxyl groups is 1. The van der Waals surface area contributed by atoms with E-state index in [1.54, 1.807) is 11.3 Å². The van der Waals surface area contributed by atoms with E-state index in [0.717, 1.165) is 17.7 Å². The highest BCUT2D eigenvalue weighted by atomic mass is 32.1. The van der Waals surface area contributed by atoms with Crippen molar-refractivity contribution in [1.29, 1.82) is 0 Å². The van der Waals surface area contributed by atoms with Gasteiger partial charge in [-0.25, -0.2) is 0 Å². The average molecular weight is 266 g/mol. The smallest absolute Gasteiger partial charge is 0.0930 e. The molecule has 1 N–H and O–H groups in total. The first-order valence-electron chi connectivity index (χ1n) is 5.92. The molecular formula is C14H18OS2. The number of aliphatic hydroxyl groups excluding tert-OH is 1. The molecule has 2 aromatic rings. The largest absolute Gasteiger partial charge is 0.387 e. The van der Waals surface area contributed by atoms with E-state index < -0.39 is 0 Å². The Hall–Kier alpha value is -0.640. The van der Waals surface area contributed by atoms with Crippen LogP contribution in [0.3, 0.4) is 0 Å². The first-order valence-corrected chi connectivity index (χ1v) is 7.56. The average Bonchev–Trinajstić information content (AvgIpc) is 2.87. The standard InChI is InChI=1S/C14H18OS2/c1-4-11-5-6-12(17-11)8-13(15)14-7-9(2)10(3)16-14/h5-7,13,15H,4,8H2,1-3H3. The van der Waals surface area contributed by atoms with Gasteiger partial charge in [0.05, 0.1) is 6.10 Å². The Kier molecular flexibility index (Phi) is 4.02.